The Morgan fingerprint density at radius 3 is 1.32 bits per heavy atom. The zero-order valence-corrected chi connectivity index (χ0v) is 33.8. The number of carbonyl (C=O) groups is 2. The number of hydrogen-bond donors (Lipinski definition) is 2. The van der Waals surface area contributed by atoms with Gasteiger partial charge >= 0.3 is 0 Å². The van der Waals surface area contributed by atoms with Crippen LogP contribution in [0, 0.1) is 0 Å². The first kappa shape index (κ1) is 42.6. The highest BCUT2D eigenvalue weighted by Crippen LogP contribution is 2.19. The van der Waals surface area contributed by atoms with Crippen molar-refractivity contribution < 1.29 is 52.7 Å². The van der Waals surface area contributed by atoms with Gasteiger partial charge in [-0.25, -0.2) is 0 Å². The van der Waals surface area contributed by atoms with Gasteiger partial charge in [0.25, 0.3) is 11.8 Å². The van der Waals surface area contributed by atoms with Gasteiger partial charge in [0, 0.05) is 101 Å². The van der Waals surface area contributed by atoms with Crippen molar-refractivity contribution in [1.29, 1.82) is 0 Å². The summed E-state index contributed by atoms with van der Waals surface area (Å²) in [6.45, 7) is 1.68. The highest BCUT2D eigenvalue weighted by Gasteiger charge is 2.14. The highest BCUT2D eigenvalue weighted by atomic mass is 79.9. The van der Waals surface area contributed by atoms with Crippen molar-refractivity contribution in [2.24, 2.45) is 0 Å². The predicted molar refractivity (Wildman–Crippen MR) is 204 cm³/mol. The molecule has 0 aliphatic heterocycles. The molecule has 0 spiro atoms. The topological polar surface area (TPSA) is 72.4 Å². The normalized spacial score (nSPS) is 10.7. The molecule has 0 unspecified atom stereocenters. The molecule has 0 radical (unpaired) electrons. The van der Waals surface area contributed by atoms with Gasteiger partial charge in [-0.2, -0.15) is 9.13 Å². The summed E-state index contributed by atoms with van der Waals surface area (Å²) in [4.78, 5) is 29.4. The molecule has 0 saturated carbocycles. The van der Waals surface area contributed by atoms with Gasteiger partial charge in [0.15, 0.2) is 12.4 Å². The largest absolute Gasteiger partial charge is 1.00 e. The van der Waals surface area contributed by atoms with E-state index in [-0.39, 0.29) is 58.9 Å². The molecule has 4 rings (SSSR count). The molecular formula is C38H46Br2N6O2S2. The molecule has 0 atom stereocenters. The molecule has 0 aliphatic carbocycles. The van der Waals surface area contributed by atoms with E-state index < -0.39 is 0 Å². The maximum Gasteiger partial charge on any atom is 0.286 e. The van der Waals surface area contributed by atoms with Crippen molar-refractivity contribution in [2.75, 3.05) is 62.6 Å². The van der Waals surface area contributed by atoms with Crippen molar-refractivity contribution in [1.82, 2.24) is 10.6 Å². The van der Waals surface area contributed by atoms with Gasteiger partial charge in [0.1, 0.15) is 0 Å². The lowest BCUT2D eigenvalue weighted by Gasteiger charge is -2.11. The summed E-state index contributed by atoms with van der Waals surface area (Å²) in [6.07, 6.45) is 12.0. The van der Waals surface area contributed by atoms with Crippen LogP contribution in [0.1, 0.15) is 22.5 Å². The Bertz CT molecular complexity index is 1560. The van der Waals surface area contributed by atoms with Crippen LogP contribution in [0.25, 0.3) is 24.3 Å². The van der Waals surface area contributed by atoms with Crippen molar-refractivity contribution in [3.8, 4) is 0 Å². The van der Waals surface area contributed by atoms with E-state index in [2.05, 4.69) is 81.1 Å². The standard InChI is InChI=1S/C38H44N6O2S2.2BrH/c1-41(2)33-17-11-31(12-18-33)15-21-35-9-5-7-25-43(35)29-37(45)39-23-27-47-48-28-24-40-38(46)30-44-26-8-6-10-36(44)22-16-32-13-19-34(20-14-32)42(3)4;;/h5-22,25-26H,23-24,27-30H2,1-4H3;2*1H. The third-order valence-electron chi connectivity index (χ3n) is 7.39. The van der Waals surface area contributed by atoms with E-state index in [0.717, 1.165) is 45.4 Å². The molecule has 0 bridgehead atoms. The van der Waals surface area contributed by atoms with Crippen LogP contribution in [0.4, 0.5) is 11.4 Å². The molecule has 2 aromatic heterocycles. The summed E-state index contributed by atoms with van der Waals surface area (Å²) >= 11 is 0. The molecule has 50 heavy (non-hydrogen) atoms. The fraction of sp³-hybridized carbons (Fsp3) is 0.263. The van der Waals surface area contributed by atoms with Crippen LogP contribution < -0.4 is 63.5 Å². The molecular weight excluding hydrogens is 796 g/mol. The second-order valence-corrected chi connectivity index (χ2v) is 14.2. The Hall–Kier alpha value is -3.58. The lowest BCUT2D eigenvalue weighted by Crippen LogP contribution is -3.00. The van der Waals surface area contributed by atoms with Crippen molar-refractivity contribution in [3.05, 3.63) is 120 Å². The van der Waals surface area contributed by atoms with Crippen molar-refractivity contribution in [3.63, 3.8) is 0 Å². The molecule has 0 fully saturated rings. The number of halogens is 2. The third kappa shape index (κ3) is 14.7. The molecule has 2 amide bonds. The SMILES string of the molecule is CN(C)c1ccc(/C=C/c2cccc[n+]2CC(=O)NCCSSCCNC(=O)C[n+]2ccccc2/C=C/c2ccc(N(C)C)cc2)cc1.[Br-].[Br-]. The van der Waals surface area contributed by atoms with E-state index in [9.17, 15) is 9.59 Å². The summed E-state index contributed by atoms with van der Waals surface area (Å²) in [5.41, 5.74) is 6.43. The molecule has 0 saturated heterocycles. The fourth-order valence-electron chi connectivity index (χ4n) is 4.70. The van der Waals surface area contributed by atoms with Gasteiger partial charge in [-0.1, -0.05) is 45.9 Å². The van der Waals surface area contributed by atoms with Crippen LogP contribution in [0.5, 0.6) is 0 Å². The van der Waals surface area contributed by atoms with Gasteiger partial charge in [0.2, 0.25) is 24.5 Å². The summed E-state index contributed by atoms with van der Waals surface area (Å²) in [5, 5.41) is 6.03. The number of hydrogen-bond acceptors (Lipinski definition) is 6. The maximum atomic E-state index is 12.6. The van der Waals surface area contributed by atoms with Gasteiger partial charge in [-0.3, -0.25) is 9.59 Å². The number of rotatable bonds is 17. The Balaban J connectivity index is 0.00000433. The molecule has 0 aliphatic rings. The number of amides is 2. The zero-order valence-electron chi connectivity index (χ0n) is 29.0. The van der Waals surface area contributed by atoms with Gasteiger partial charge in [0.05, 0.1) is 0 Å². The smallest absolute Gasteiger partial charge is 0.286 e. The van der Waals surface area contributed by atoms with Crippen LogP contribution in [0.3, 0.4) is 0 Å². The Morgan fingerprint density at radius 1 is 0.580 bits per heavy atom. The molecule has 4 aromatic rings. The second-order valence-electron chi connectivity index (χ2n) is 11.5. The van der Waals surface area contributed by atoms with E-state index in [1.165, 1.54) is 0 Å². The lowest BCUT2D eigenvalue weighted by molar-refractivity contribution is -0.686. The third-order valence-corrected chi connectivity index (χ3v) is 9.80. The molecule has 2 N–H and O–H groups in total. The zero-order chi connectivity index (χ0) is 34.1. The Labute approximate surface area is 326 Å². The average Bonchev–Trinajstić information content (AvgIpc) is 3.09. The highest BCUT2D eigenvalue weighted by molar-refractivity contribution is 8.76. The summed E-state index contributed by atoms with van der Waals surface area (Å²) < 4.78 is 3.89. The van der Waals surface area contributed by atoms with Gasteiger partial charge in [-0.05, 0) is 59.7 Å². The fourth-order valence-corrected chi connectivity index (χ4v) is 6.52. The van der Waals surface area contributed by atoms with E-state index in [1.54, 1.807) is 21.6 Å². The van der Waals surface area contributed by atoms with Gasteiger partial charge in [-0.15, -0.1) is 0 Å². The van der Waals surface area contributed by atoms with Gasteiger partial charge < -0.3 is 54.4 Å². The summed E-state index contributed by atoms with van der Waals surface area (Å²) in [6, 6.07) is 28.5. The number of nitrogens with one attached hydrogen (secondary N) is 2. The minimum Gasteiger partial charge on any atom is -1.00 e. The number of carbonyl (C=O) groups excluding carboxylic acids is 2. The number of anilines is 2. The molecule has 12 heteroatoms. The summed E-state index contributed by atoms with van der Waals surface area (Å²) in [7, 11) is 11.5. The minimum absolute atomic E-state index is 0. The van der Waals surface area contributed by atoms with Crippen LogP contribution >= 0.6 is 21.6 Å². The van der Waals surface area contributed by atoms with E-state index in [0.29, 0.717) is 13.1 Å². The minimum atomic E-state index is -0.0242. The van der Waals surface area contributed by atoms with Crippen LogP contribution in [-0.2, 0) is 22.7 Å². The Morgan fingerprint density at radius 2 is 0.960 bits per heavy atom. The van der Waals surface area contributed by atoms with Crippen molar-refractivity contribution >= 4 is 69.1 Å². The lowest BCUT2D eigenvalue weighted by atomic mass is 10.1. The Kier molecular flexibility index (Phi) is 19.6. The van der Waals surface area contributed by atoms with E-state index in [1.807, 2.05) is 98.3 Å². The monoisotopic (exact) mass is 840 g/mol. The summed E-state index contributed by atoms with van der Waals surface area (Å²) in [5.74, 6) is 1.52. The molecule has 8 nitrogen and oxygen atoms in total. The first-order chi connectivity index (χ1) is 23.3. The number of pyridine rings is 2. The molecule has 2 aromatic carbocycles. The van der Waals surface area contributed by atoms with Crippen molar-refractivity contribution in [2.45, 2.75) is 13.1 Å². The predicted octanol–water partition coefficient (Wildman–Crippen LogP) is -0.944. The van der Waals surface area contributed by atoms with Crippen LogP contribution in [-0.4, -0.2) is 64.6 Å². The van der Waals surface area contributed by atoms with Crippen LogP contribution in [0.15, 0.2) is 97.3 Å². The first-order valence-corrected chi connectivity index (χ1v) is 18.4. The number of benzene rings is 2. The van der Waals surface area contributed by atoms with Crippen LogP contribution in [0.2, 0.25) is 0 Å². The maximum absolute atomic E-state index is 12.6. The number of nitrogens with zero attached hydrogens (tertiary/aromatic N) is 4. The van der Waals surface area contributed by atoms with E-state index >= 15 is 0 Å². The average molecular weight is 843 g/mol. The van der Waals surface area contributed by atoms with E-state index in [4.69, 9.17) is 0 Å². The second kappa shape index (κ2) is 23.0. The molecule has 2 heterocycles. The molecule has 266 valence electrons. The number of aromatic nitrogens is 2. The quantitative estimate of drug-likeness (QED) is 0.0814. The first-order valence-electron chi connectivity index (χ1n) is 15.9.